The Morgan fingerprint density at radius 1 is 1.07 bits per heavy atom. The molecule has 4 aromatic rings. The van der Waals surface area contributed by atoms with Gasteiger partial charge in [-0.05, 0) is 67.6 Å². The molecule has 0 bridgehead atoms. The summed E-state index contributed by atoms with van der Waals surface area (Å²) >= 11 is 1.38. The van der Waals surface area contributed by atoms with E-state index in [0.717, 1.165) is 16.5 Å². The summed E-state index contributed by atoms with van der Waals surface area (Å²) in [5.41, 5.74) is 1.79. The van der Waals surface area contributed by atoms with E-state index in [1.165, 1.54) is 22.0 Å². The van der Waals surface area contributed by atoms with Gasteiger partial charge in [0.25, 0.3) is 5.56 Å². The third-order valence-corrected chi connectivity index (χ3v) is 5.98. The molecular formula is C24H22FNO3S. The maximum atomic E-state index is 14.5. The van der Waals surface area contributed by atoms with Crippen molar-refractivity contribution < 1.29 is 14.2 Å². The van der Waals surface area contributed by atoms with Crippen LogP contribution in [0.25, 0.3) is 21.2 Å². The van der Waals surface area contributed by atoms with Crippen molar-refractivity contribution in [3.05, 3.63) is 81.3 Å². The smallest absolute Gasteiger partial charge is 0.268 e. The van der Waals surface area contributed by atoms with Crippen LogP contribution in [0.15, 0.2) is 58.8 Å². The Bertz CT molecular complexity index is 1310. The fourth-order valence-corrected chi connectivity index (χ4v) is 4.29. The first-order chi connectivity index (χ1) is 14.1. The van der Waals surface area contributed by atoms with Gasteiger partial charge in [0.15, 0.2) is 11.6 Å². The van der Waals surface area contributed by atoms with Crippen molar-refractivity contribution in [1.82, 2.24) is 4.57 Å². The molecule has 0 aliphatic rings. The Labute approximate surface area is 177 Å². The van der Waals surface area contributed by atoms with E-state index in [0.29, 0.717) is 21.6 Å². The predicted molar refractivity (Wildman–Crippen MR) is 119 cm³/mol. The monoisotopic (exact) mass is 423 g/mol. The van der Waals surface area contributed by atoms with E-state index in [2.05, 4.69) is 0 Å². The quantitative estimate of drug-likeness (QED) is 0.456. The lowest BCUT2D eigenvalue weighted by atomic mass is 9.93. The maximum absolute atomic E-state index is 14.5. The van der Waals surface area contributed by atoms with Crippen molar-refractivity contribution in [2.45, 2.75) is 26.4 Å². The zero-order valence-electron chi connectivity index (χ0n) is 17.2. The van der Waals surface area contributed by atoms with Gasteiger partial charge in [-0.1, -0.05) is 12.1 Å². The molecule has 0 unspecified atom stereocenters. The summed E-state index contributed by atoms with van der Waals surface area (Å²) in [5, 5.41) is 13.2. The van der Waals surface area contributed by atoms with E-state index in [9.17, 15) is 14.3 Å². The molecule has 4 rings (SSSR count). The maximum Gasteiger partial charge on any atom is 0.268 e. The molecule has 2 aromatic carbocycles. The summed E-state index contributed by atoms with van der Waals surface area (Å²) in [6.07, 6.45) is 1.75. The Kier molecular flexibility index (Phi) is 5.00. The van der Waals surface area contributed by atoms with Crippen molar-refractivity contribution in [3.8, 4) is 22.6 Å². The zero-order chi connectivity index (χ0) is 21.6. The number of aliphatic hydroxyl groups is 1. The Hall–Kier alpha value is -2.96. The number of thiophene rings is 1. The van der Waals surface area contributed by atoms with Crippen LogP contribution in [0.1, 0.15) is 25.0 Å². The number of ether oxygens (including phenoxy) is 1. The van der Waals surface area contributed by atoms with E-state index in [1.807, 2.05) is 24.4 Å². The van der Waals surface area contributed by atoms with Crippen molar-refractivity contribution in [1.29, 1.82) is 0 Å². The van der Waals surface area contributed by atoms with Gasteiger partial charge in [-0.3, -0.25) is 4.79 Å². The lowest BCUT2D eigenvalue weighted by molar-refractivity contribution is 0.0786. The molecule has 1 N–H and O–H groups in total. The van der Waals surface area contributed by atoms with Crippen LogP contribution in [-0.4, -0.2) is 9.67 Å². The number of hydrogen-bond donors (Lipinski definition) is 1. The van der Waals surface area contributed by atoms with Crippen LogP contribution in [0.3, 0.4) is 0 Å². The summed E-state index contributed by atoms with van der Waals surface area (Å²) in [5.74, 6) is 0.106. The second kappa shape index (κ2) is 7.38. The highest BCUT2D eigenvalue weighted by Crippen LogP contribution is 2.40. The third-order valence-electron chi connectivity index (χ3n) is 5.08. The number of pyridine rings is 1. The summed E-state index contributed by atoms with van der Waals surface area (Å²) in [7, 11) is 1.70. The topological polar surface area (TPSA) is 51.5 Å². The largest absolute Gasteiger partial charge is 0.454 e. The minimum absolute atomic E-state index is 0.0746. The average Bonchev–Trinajstić information content (AvgIpc) is 3.16. The van der Waals surface area contributed by atoms with E-state index >= 15 is 0 Å². The molecular weight excluding hydrogens is 401 g/mol. The Balaban J connectivity index is 1.96. The third kappa shape index (κ3) is 3.64. The van der Waals surface area contributed by atoms with Gasteiger partial charge < -0.3 is 14.4 Å². The molecule has 2 aromatic heterocycles. The molecule has 0 saturated heterocycles. The van der Waals surface area contributed by atoms with Crippen LogP contribution in [-0.2, 0) is 12.6 Å². The summed E-state index contributed by atoms with van der Waals surface area (Å²) in [6.45, 7) is 5.22. The molecule has 0 spiro atoms. The van der Waals surface area contributed by atoms with E-state index in [-0.39, 0.29) is 11.3 Å². The highest BCUT2D eigenvalue weighted by atomic mass is 32.1. The van der Waals surface area contributed by atoms with Crippen molar-refractivity contribution in [3.63, 3.8) is 0 Å². The summed E-state index contributed by atoms with van der Waals surface area (Å²) in [4.78, 5) is 12.5. The molecule has 0 amide bonds. The first-order valence-electron chi connectivity index (χ1n) is 9.53. The first kappa shape index (κ1) is 20.3. The molecule has 0 aliphatic carbocycles. The van der Waals surface area contributed by atoms with Crippen LogP contribution in [0, 0.1) is 12.7 Å². The number of benzene rings is 2. The SMILES string of the molecule is Cc1ccc(Oc2ccc(C(C)(C)O)cc2-c2cn(C)c(=O)c3sccc23)c(F)c1. The molecule has 30 heavy (non-hydrogen) atoms. The van der Waals surface area contributed by atoms with Gasteiger partial charge in [-0.2, -0.15) is 0 Å². The van der Waals surface area contributed by atoms with Crippen molar-refractivity contribution in [2.75, 3.05) is 0 Å². The standard InChI is InChI=1S/C24H22FNO3S/c1-14-5-7-21(19(25)11-14)29-20-8-6-15(24(2,3)28)12-17(20)18-13-26(4)23(27)22-16(18)9-10-30-22/h5-13,28H,1-4H3. The first-order valence-corrected chi connectivity index (χ1v) is 10.4. The molecule has 0 saturated carbocycles. The number of rotatable bonds is 4. The normalized spacial score (nSPS) is 11.8. The molecule has 0 fully saturated rings. The van der Waals surface area contributed by atoms with Crippen LogP contribution < -0.4 is 10.3 Å². The van der Waals surface area contributed by atoms with E-state index in [4.69, 9.17) is 4.74 Å². The number of nitrogens with zero attached hydrogens (tertiary/aromatic N) is 1. The van der Waals surface area contributed by atoms with Crippen molar-refractivity contribution in [2.24, 2.45) is 7.05 Å². The van der Waals surface area contributed by atoms with Gasteiger partial charge in [0.2, 0.25) is 0 Å². The number of aromatic nitrogens is 1. The summed E-state index contributed by atoms with van der Waals surface area (Å²) in [6, 6.07) is 12.0. The predicted octanol–water partition coefficient (Wildman–Crippen LogP) is 5.73. The molecule has 2 heterocycles. The molecule has 4 nitrogen and oxygen atoms in total. The molecule has 0 radical (unpaired) electrons. The van der Waals surface area contributed by atoms with E-state index in [1.54, 1.807) is 51.4 Å². The molecule has 0 aliphatic heterocycles. The van der Waals surface area contributed by atoms with Crippen LogP contribution in [0.4, 0.5) is 4.39 Å². The fourth-order valence-electron chi connectivity index (χ4n) is 3.40. The van der Waals surface area contributed by atoms with Gasteiger partial charge in [0.05, 0.1) is 5.60 Å². The Morgan fingerprint density at radius 3 is 2.50 bits per heavy atom. The fraction of sp³-hybridized carbons (Fsp3) is 0.208. The number of fused-ring (bicyclic) bond motifs is 1. The van der Waals surface area contributed by atoms with Gasteiger partial charge in [-0.25, -0.2) is 4.39 Å². The van der Waals surface area contributed by atoms with Gasteiger partial charge in [0, 0.05) is 29.8 Å². The van der Waals surface area contributed by atoms with Gasteiger partial charge >= 0.3 is 0 Å². The minimum atomic E-state index is -1.07. The molecule has 154 valence electrons. The van der Waals surface area contributed by atoms with Crippen LogP contribution >= 0.6 is 11.3 Å². The highest BCUT2D eigenvalue weighted by Gasteiger charge is 2.21. The Morgan fingerprint density at radius 2 is 1.80 bits per heavy atom. The number of aryl methyl sites for hydroxylation is 2. The highest BCUT2D eigenvalue weighted by molar-refractivity contribution is 7.17. The molecule has 0 atom stereocenters. The van der Waals surface area contributed by atoms with Gasteiger partial charge in [-0.15, -0.1) is 11.3 Å². The van der Waals surface area contributed by atoms with Crippen molar-refractivity contribution >= 4 is 21.4 Å². The van der Waals surface area contributed by atoms with Crippen LogP contribution in [0.2, 0.25) is 0 Å². The van der Waals surface area contributed by atoms with E-state index < -0.39 is 11.4 Å². The van der Waals surface area contributed by atoms with Crippen LogP contribution in [0.5, 0.6) is 11.5 Å². The second-order valence-corrected chi connectivity index (χ2v) is 8.84. The lowest BCUT2D eigenvalue weighted by Gasteiger charge is -2.21. The number of hydrogen-bond acceptors (Lipinski definition) is 4. The average molecular weight is 424 g/mol. The zero-order valence-corrected chi connectivity index (χ0v) is 18.0. The molecule has 6 heteroatoms. The minimum Gasteiger partial charge on any atom is -0.454 e. The van der Waals surface area contributed by atoms with Gasteiger partial charge in [0.1, 0.15) is 10.4 Å². The number of halogens is 1. The lowest BCUT2D eigenvalue weighted by Crippen LogP contribution is -2.16. The second-order valence-electron chi connectivity index (χ2n) is 7.93. The summed E-state index contributed by atoms with van der Waals surface area (Å²) < 4.78 is 22.6.